The van der Waals surface area contributed by atoms with E-state index in [0.717, 1.165) is 42.8 Å². The molecule has 3 unspecified atom stereocenters. The summed E-state index contributed by atoms with van der Waals surface area (Å²) in [5.41, 5.74) is 3.72. The Kier molecular flexibility index (Phi) is 3.45. The van der Waals surface area contributed by atoms with Gasteiger partial charge in [-0.3, -0.25) is 0 Å². The summed E-state index contributed by atoms with van der Waals surface area (Å²) < 4.78 is 12.2. The highest BCUT2D eigenvalue weighted by Crippen LogP contribution is 2.62. The maximum Gasteiger partial charge on any atom is 0.165 e. The zero-order valence-electron chi connectivity index (χ0n) is 14.3. The van der Waals surface area contributed by atoms with Crippen molar-refractivity contribution >= 4 is 0 Å². The van der Waals surface area contributed by atoms with Gasteiger partial charge in [0.15, 0.2) is 6.10 Å². The molecule has 1 aliphatic heterocycles. The van der Waals surface area contributed by atoms with Crippen LogP contribution in [0.5, 0.6) is 5.75 Å². The number of hydrogen-bond donors (Lipinski definition) is 1. The van der Waals surface area contributed by atoms with Crippen molar-refractivity contribution in [1.29, 1.82) is 0 Å². The van der Waals surface area contributed by atoms with E-state index in [4.69, 9.17) is 9.47 Å². The molecular formula is C20H26O3. The molecule has 0 fully saturated rings. The zero-order chi connectivity index (χ0) is 16.2. The van der Waals surface area contributed by atoms with Gasteiger partial charge in [-0.15, -0.1) is 0 Å². The molecule has 1 N–H and O–H groups in total. The molecule has 0 bridgehead atoms. The van der Waals surface area contributed by atoms with E-state index < -0.39 is 0 Å². The minimum Gasteiger partial charge on any atom is -0.497 e. The van der Waals surface area contributed by atoms with Gasteiger partial charge in [0, 0.05) is 16.5 Å². The molecule has 23 heavy (non-hydrogen) atoms. The predicted octanol–water partition coefficient (Wildman–Crippen LogP) is 3.72. The molecule has 4 atom stereocenters. The van der Waals surface area contributed by atoms with Gasteiger partial charge in [-0.25, -0.2) is 0 Å². The molecule has 124 valence electrons. The maximum atomic E-state index is 9.77. The van der Waals surface area contributed by atoms with E-state index in [0.29, 0.717) is 11.8 Å². The average molecular weight is 314 g/mol. The van der Waals surface area contributed by atoms with E-state index in [1.165, 1.54) is 11.1 Å². The Morgan fingerprint density at radius 2 is 2.22 bits per heavy atom. The molecule has 0 radical (unpaired) electrons. The second kappa shape index (κ2) is 5.27. The van der Waals surface area contributed by atoms with Crippen molar-refractivity contribution in [3.8, 4) is 5.75 Å². The highest BCUT2D eigenvalue weighted by atomic mass is 16.5. The second-order valence-corrected chi connectivity index (χ2v) is 7.37. The Hall–Kier alpha value is -1.48. The molecule has 3 nitrogen and oxygen atoms in total. The molecule has 3 heteroatoms. The number of ether oxygens (including phenoxy) is 2. The minimum atomic E-state index is -0.0320. The van der Waals surface area contributed by atoms with Crippen LogP contribution in [0.4, 0.5) is 0 Å². The van der Waals surface area contributed by atoms with E-state index in [2.05, 4.69) is 26.0 Å². The van der Waals surface area contributed by atoms with Gasteiger partial charge in [-0.2, -0.15) is 0 Å². The fourth-order valence-corrected chi connectivity index (χ4v) is 5.49. The van der Waals surface area contributed by atoms with Gasteiger partial charge < -0.3 is 14.6 Å². The van der Waals surface area contributed by atoms with E-state index in [1.807, 2.05) is 6.07 Å². The van der Waals surface area contributed by atoms with Crippen LogP contribution in [-0.2, 0) is 23.2 Å². The lowest BCUT2D eigenvalue weighted by Crippen LogP contribution is -2.52. The summed E-state index contributed by atoms with van der Waals surface area (Å²) in [6, 6.07) is 4.25. The summed E-state index contributed by atoms with van der Waals surface area (Å²) in [5, 5.41) is 9.77. The van der Waals surface area contributed by atoms with Crippen molar-refractivity contribution in [3.05, 3.63) is 40.7 Å². The van der Waals surface area contributed by atoms with Crippen molar-refractivity contribution in [2.75, 3.05) is 7.11 Å². The fraction of sp³-hybridized carbons (Fsp3) is 0.600. The van der Waals surface area contributed by atoms with Crippen molar-refractivity contribution in [2.45, 2.75) is 57.7 Å². The molecule has 0 amide bonds. The molecule has 1 aromatic carbocycles. The molecule has 3 aliphatic rings. The van der Waals surface area contributed by atoms with Crippen molar-refractivity contribution < 1.29 is 14.6 Å². The summed E-state index contributed by atoms with van der Waals surface area (Å²) in [6.07, 6.45) is 6.61. The first kappa shape index (κ1) is 15.1. The van der Waals surface area contributed by atoms with Crippen LogP contribution >= 0.6 is 0 Å². The Bertz CT molecular complexity index is 663. The second-order valence-electron chi connectivity index (χ2n) is 7.37. The van der Waals surface area contributed by atoms with Crippen LogP contribution in [0.3, 0.4) is 0 Å². The van der Waals surface area contributed by atoms with Gasteiger partial charge >= 0.3 is 0 Å². The Labute approximate surface area is 138 Å². The van der Waals surface area contributed by atoms with Crippen molar-refractivity contribution in [3.63, 3.8) is 0 Å². The molecular weight excluding hydrogens is 288 g/mol. The third-order valence-electron chi connectivity index (χ3n) is 6.29. The van der Waals surface area contributed by atoms with Gasteiger partial charge in [0.1, 0.15) is 11.5 Å². The van der Waals surface area contributed by atoms with Gasteiger partial charge in [-0.1, -0.05) is 32.4 Å². The molecule has 1 heterocycles. The number of benzene rings is 1. The van der Waals surface area contributed by atoms with E-state index in [9.17, 15) is 5.11 Å². The predicted molar refractivity (Wildman–Crippen MR) is 89.4 cm³/mol. The molecule has 0 saturated heterocycles. The molecule has 0 saturated carbocycles. The van der Waals surface area contributed by atoms with E-state index >= 15 is 0 Å². The van der Waals surface area contributed by atoms with Gasteiger partial charge in [-0.05, 0) is 42.7 Å². The number of methoxy groups -OCH3 is 1. The topological polar surface area (TPSA) is 38.7 Å². The summed E-state index contributed by atoms with van der Waals surface area (Å²) in [7, 11) is 1.75. The number of allylic oxidation sites excluding steroid dienone is 1. The van der Waals surface area contributed by atoms with Crippen LogP contribution in [0.25, 0.3) is 0 Å². The maximum absolute atomic E-state index is 9.77. The molecule has 4 rings (SSSR count). The Balaban J connectivity index is 2.00. The summed E-state index contributed by atoms with van der Waals surface area (Å²) in [5.74, 6) is 3.13. The SMILES string of the molecule is CCC[C@]12c3c4ccc(CO)c3OC1C(OC)=CCC2C(C)C4. The minimum absolute atomic E-state index is 0.0162. The Morgan fingerprint density at radius 3 is 2.91 bits per heavy atom. The number of rotatable bonds is 4. The molecule has 2 aliphatic carbocycles. The third-order valence-corrected chi connectivity index (χ3v) is 6.29. The van der Waals surface area contributed by atoms with Crippen molar-refractivity contribution in [2.24, 2.45) is 11.8 Å². The summed E-state index contributed by atoms with van der Waals surface area (Å²) >= 11 is 0. The summed E-state index contributed by atoms with van der Waals surface area (Å²) in [4.78, 5) is 0. The van der Waals surface area contributed by atoms with Gasteiger partial charge in [0.25, 0.3) is 0 Å². The van der Waals surface area contributed by atoms with E-state index in [-0.39, 0.29) is 18.1 Å². The van der Waals surface area contributed by atoms with Crippen molar-refractivity contribution in [1.82, 2.24) is 0 Å². The van der Waals surface area contributed by atoms with Gasteiger partial charge in [0.05, 0.1) is 13.7 Å². The van der Waals surface area contributed by atoms with Crippen LogP contribution in [-0.4, -0.2) is 18.3 Å². The van der Waals surface area contributed by atoms with E-state index in [1.54, 1.807) is 7.11 Å². The average Bonchev–Trinajstić information content (AvgIpc) is 2.90. The lowest BCUT2D eigenvalue weighted by molar-refractivity contribution is 0.0296. The van der Waals surface area contributed by atoms with Crippen LogP contribution in [0.1, 0.15) is 49.8 Å². The Morgan fingerprint density at radius 1 is 1.39 bits per heavy atom. The summed E-state index contributed by atoms with van der Waals surface area (Å²) in [6.45, 7) is 4.67. The lowest BCUT2D eigenvalue weighted by Gasteiger charge is -2.50. The lowest BCUT2D eigenvalue weighted by atomic mass is 9.53. The highest BCUT2D eigenvalue weighted by Gasteiger charge is 2.60. The monoisotopic (exact) mass is 314 g/mol. The fourth-order valence-electron chi connectivity index (χ4n) is 5.49. The van der Waals surface area contributed by atoms with Gasteiger partial charge in [0.2, 0.25) is 0 Å². The highest BCUT2D eigenvalue weighted by molar-refractivity contribution is 5.58. The normalized spacial score (nSPS) is 33.7. The quantitative estimate of drug-likeness (QED) is 0.920. The standard InChI is InChI=1S/C20H26O3/c1-4-9-20-15-7-8-16(22-3)19(20)23-18-14(11-21)6-5-13(17(18)20)10-12(15)2/h5-6,8,12,15,19,21H,4,7,9-11H2,1-3H3/t12?,15?,19?,20-/m0/s1. The number of aliphatic hydroxyl groups excluding tert-OH is 1. The first-order valence-electron chi connectivity index (χ1n) is 8.84. The molecule has 0 aromatic heterocycles. The third kappa shape index (κ3) is 1.80. The smallest absolute Gasteiger partial charge is 0.165 e. The molecule has 0 spiro atoms. The van der Waals surface area contributed by atoms with Crippen LogP contribution in [0.2, 0.25) is 0 Å². The first-order chi connectivity index (χ1) is 11.2. The number of hydrogen-bond acceptors (Lipinski definition) is 3. The largest absolute Gasteiger partial charge is 0.497 e. The molecule has 1 aromatic rings. The number of aliphatic hydroxyl groups is 1. The van der Waals surface area contributed by atoms with Crippen LogP contribution in [0.15, 0.2) is 24.0 Å². The zero-order valence-corrected chi connectivity index (χ0v) is 14.3. The first-order valence-corrected chi connectivity index (χ1v) is 8.84. The van der Waals surface area contributed by atoms with Crippen LogP contribution < -0.4 is 4.74 Å². The van der Waals surface area contributed by atoms with Crippen LogP contribution in [0, 0.1) is 11.8 Å².